The number of hydrogen-bond acceptors (Lipinski definition) is 5. The third kappa shape index (κ3) is 3.51. The Morgan fingerprint density at radius 1 is 1.00 bits per heavy atom. The van der Waals surface area contributed by atoms with Crippen molar-refractivity contribution >= 4 is 28.7 Å². The van der Waals surface area contributed by atoms with Crippen molar-refractivity contribution in [2.45, 2.75) is 26.3 Å². The Hall–Kier alpha value is -3.48. The summed E-state index contributed by atoms with van der Waals surface area (Å²) in [5.74, 6) is -0.786. The van der Waals surface area contributed by atoms with Crippen LogP contribution in [0.2, 0.25) is 0 Å². The van der Waals surface area contributed by atoms with Gasteiger partial charge >= 0.3 is 5.97 Å². The van der Waals surface area contributed by atoms with E-state index in [1.54, 1.807) is 49.5 Å². The molecule has 0 saturated carbocycles. The zero-order valence-electron chi connectivity index (χ0n) is 16.1. The van der Waals surface area contributed by atoms with E-state index in [0.717, 1.165) is 17.3 Å². The first-order valence-electron chi connectivity index (χ1n) is 9.68. The highest BCUT2D eigenvalue weighted by atomic mass is 16.5. The molecule has 0 radical (unpaired) electrons. The van der Waals surface area contributed by atoms with Gasteiger partial charge in [-0.15, -0.1) is 0 Å². The number of benzene rings is 2. The van der Waals surface area contributed by atoms with Crippen LogP contribution in [0.25, 0.3) is 10.9 Å². The van der Waals surface area contributed by atoms with Crippen LogP contribution in [0.3, 0.4) is 0 Å². The molecule has 1 aliphatic heterocycles. The van der Waals surface area contributed by atoms with Gasteiger partial charge in [-0.2, -0.15) is 5.10 Å². The van der Waals surface area contributed by atoms with Crippen LogP contribution in [0, 0.1) is 0 Å². The van der Waals surface area contributed by atoms with E-state index in [1.165, 1.54) is 4.90 Å². The van der Waals surface area contributed by atoms with Gasteiger partial charge in [-0.3, -0.25) is 19.2 Å². The molecule has 3 aromatic rings. The number of aromatic nitrogens is 2. The largest absolute Gasteiger partial charge is 0.462 e. The third-order valence-corrected chi connectivity index (χ3v) is 5.03. The summed E-state index contributed by atoms with van der Waals surface area (Å²) in [5.41, 5.74) is 2.39. The SMILES string of the molecule is CCOC(=O)c1ccc2c(cnn2CCCCN2C(=O)c3ccccc3C2=O)c1. The summed E-state index contributed by atoms with van der Waals surface area (Å²) in [6.07, 6.45) is 3.18. The molecule has 4 rings (SSSR count). The van der Waals surface area contributed by atoms with Crippen LogP contribution in [0.4, 0.5) is 0 Å². The van der Waals surface area contributed by atoms with Crippen molar-refractivity contribution in [1.82, 2.24) is 14.7 Å². The van der Waals surface area contributed by atoms with Crippen LogP contribution >= 0.6 is 0 Å². The summed E-state index contributed by atoms with van der Waals surface area (Å²) in [4.78, 5) is 38.0. The number of nitrogens with zero attached hydrogens (tertiary/aromatic N) is 3. The van der Waals surface area contributed by atoms with Gasteiger partial charge in [0.25, 0.3) is 11.8 Å². The second kappa shape index (κ2) is 7.87. The van der Waals surface area contributed by atoms with Gasteiger partial charge in [0.2, 0.25) is 0 Å². The standard InChI is InChI=1S/C22H21N3O4/c1-2-29-22(28)15-9-10-19-16(13-15)14-23-25(19)12-6-5-11-24-20(26)17-7-3-4-8-18(17)21(24)27/h3-4,7-10,13-14H,2,5-6,11-12H2,1H3. The van der Waals surface area contributed by atoms with Crippen LogP contribution in [0.15, 0.2) is 48.7 Å². The van der Waals surface area contributed by atoms with Crippen LogP contribution in [0.1, 0.15) is 50.8 Å². The lowest BCUT2D eigenvalue weighted by Crippen LogP contribution is -2.30. The van der Waals surface area contributed by atoms with Crippen molar-refractivity contribution in [3.8, 4) is 0 Å². The fraction of sp³-hybridized carbons (Fsp3) is 0.273. The van der Waals surface area contributed by atoms with Crippen LogP contribution in [-0.2, 0) is 11.3 Å². The van der Waals surface area contributed by atoms with E-state index in [-0.39, 0.29) is 17.8 Å². The highest BCUT2D eigenvalue weighted by Gasteiger charge is 2.34. The third-order valence-electron chi connectivity index (χ3n) is 5.03. The minimum absolute atomic E-state index is 0.221. The number of unbranched alkanes of at least 4 members (excludes halogenated alkanes) is 1. The number of hydrogen-bond donors (Lipinski definition) is 0. The molecular weight excluding hydrogens is 370 g/mol. The zero-order chi connectivity index (χ0) is 20.4. The van der Waals surface area contributed by atoms with Crippen molar-refractivity contribution < 1.29 is 19.1 Å². The summed E-state index contributed by atoms with van der Waals surface area (Å²) in [5, 5.41) is 5.26. The second-order valence-corrected chi connectivity index (χ2v) is 6.88. The second-order valence-electron chi connectivity index (χ2n) is 6.88. The number of esters is 1. The quantitative estimate of drug-likeness (QED) is 0.351. The number of rotatable bonds is 7. The molecule has 2 heterocycles. The average molecular weight is 391 g/mol. The van der Waals surface area contributed by atoms with Crippen molar-refractivity contribution in [2.24, 2.45) is 0 Å². The maximum Gasteiger partial charge on any atom is 0.338 e. The molecule has 2 amide bonds. The topological polar surface area (TPSA) is 81.5 Å². The van der Waals surface area contributed by atoms with Gasteiger partial charge in [0.1, 0.15) is 0 Å². The summed E-state index contributed by atoms with van der Waals surface area (Å²) in [6.45, 7) is 3.16. The predicted molar refractivity (Wildman–Crippen MR) is 107 cm³/mol. The number of ether oxygens (including phenoxy) is 1. The monoisotopic (exact) mass is 391 g/mol. The highest BCUT2D eigenvalue weighted by Crippen LogP contribution is 2.23. The molecule has 0 unspecified atom stereocenters. The first-order valence-corrected chi connectivity index (χ1v) is 9.68. The summed E-state index contributed by atoms with van der Waals surface area (Å²) in [7, 11) is 0. The molecule has 0 N–H and O–H groups in total. The van der Waals surface area contributed by atoms with Gasteiger partial charge in [0.05, 0.1) is 35.0 Å². The van der Waals surface area contributed by atoms with E-state index in [1.807, 2.05) is 10.7 Å². The normalized spacial score (nSPS) is 13.2. The van der Waals surface area contributed by atoms with Gasteiger partial charge in [-0.05, 0) is 50.1 Å². The van der Waals surface area contributed by atoms with E-state index in [4.69, 9.17) is 4.74 Å². The van der Waals surface area contributed by atoms with Crippen molar-refractivity contribution in [3.05, 3.63) is 65.4 Å². The van der Waals surface area contributed by atoms with Gasteiger partial charge in [-0.1, -0.05) is 12.1 Å². The van der Waals surface area contributed by atoms with Gasteiger partial charge < -0.3 is 4.74 Å². The Balaban J connectivity index is 1.36. The lowest BCUT2D eigenvalue weighted by atomic mass is 10.1. The molecule has 1 aromatic heterocycles. The molecule has 29 heavy (non-hydrogen) atoms. The molecule has 0 bridgehead atoms. The maximum atomic E-state index is 12.4. The fourth-order valence-electron chi connectivity index (χ4n) is 3.58. The van der Waals surface area contributed by atoms with E-state index >= 15 is 0 Å². The molecule has 0 atom stereocenters. The van der Waals surface area contributed by atoms with Crippen molar-refractivity contribution in [2.75, 3.05) is 13.2 Å². The molecule has 1 aliphatic rings. The fourth-order valence-corrected chi connectivity index (χ4v) is 3.58. The first-order chi connectivity index (χ1) is 14.1. The predicted octanol–water partition coefficient (Wildman–Crippen LogP) is 3.29. The Morgan fingerprint density at radius 2 is 1.69 bits per heavy atom. The van der Waals surface area contributed by atoms with Crippen molar-refractivity contribution in [1.29, 1.82) is 0 Å². The van der Waals surface area contributed by atoms with Crippen LogP contribution in [0.5, 0.6) is 0 Å². The minimum atomic E-state index is -0.344. The molecule has 0 aliphatic carbocycles. The number of carbonyl (C=O) groups is 3. The van der Waals surface area contributed by atoms with Gasteiger partial charge in [0, 0.05) is 18.5 Å². The molecule has 7 heteroatoms. The smallest absolute Gasteiger partial charge is 0.338 e. The first kappa shape index (κ1) is 18.9. The minimum Gasteiger partial charge on any atom is -0.462 e. The van der Waals surface area contributed by atoms with Gasteiger partial charge in [-0.25, -0.2) is 4.79 Å². The number of carbonyl (C=O) groups excluding carboxylic acids is 3. The van der Waals surface area contributed by atoms with Crippen LogP contribution < -0.4 is 0 Å². The van der Waals surface area contributed by atoms with Gasteiger partial charge in [0.15, 0.2) is 0 Å². The van der Waals surface area contributed by atoms with Crippen LogP contribution in [-0.4, -0.2) is 45.6 Å². The zero-order valence-corrected chi connectivity index (χ0v) is 16.1. The summed E-state index contributed by atoms with van der Waals surface area (Å²) in [6, 6.07) is 12.3. The molecule has 7 nitrogen and oxygen atoms in total. The van der Waals surface area contributed by atoms with Crippen molar-refractivity contribution in [3.63, 3.8) is 0 Å². The number of imide groups is 1. The number of fused-ring (bicyclic) bond motifs is 2. The Kier molecular flexibility index (Phi) is 5.12. The van der Waals surface area contributed by atoms with E-state index in [0.29, 0.717) is 42.8 Å². The molecule has 0 spiro atoms. The Bertz CT molecular complexity index is 1070. The molecule has 0 saturated heterocycles. The summed E-state index contributed by atoms with van der Waals surface area (Å²) < 4.78 is 6.89. The lowest BCUT2D eigenvalue weighted by Gasteiger charge is -2.13. The van der Waals surface area contributed by atoms with E-state index < -0.39 is 0 Å². The van der Waals surface area contributed by atoms with E-state index in [2.05, 4.69) is 5.10 Å². The molecule has 0 fully saturated rings. The highest BCUT2D eigenvalue weighted by molar-refractivity contribution is 6.21. The lowest BCUT2D eigenvalue weighted by molar-refractivity contribution is 0.0525. The average Bonchev–Trinajstić information content (AvgIpc) is 3.25. The number of amides is 2. The number of aryl methyl sites for hydroxylation is 1. The Labute approximate surface area is 167 Å². The Morgan fingerprint density at radius 3 is 2.38 bits per heavy atom. The maximum absolute atomic E-state index is 12.4. The summed E-state index contributed by atoms with van der Waals surface area (Å²) >= 11 is 0. The molecule has 2 aromatic carbocycles. The van der Waals surface area contributed by atoms with E-state index in [9.17, 15) is 14.4 Å². The molecule has 148 valence electrons. The molecular formula is C22H21N3O4.